The van der Waals surface area contributed by atoms with Gasteiger partial charge in [-0.2, -0.15) is 0 Å². The summed E-state index contributed by atoms with van der Waals surface area (Å²) in [4.78, 5) is 4.69. The van der Waals surface area contributed by atoms with Crippen molar-refractivity contribution in [2.45, 2.75) is 90.4 Å². The van der Waals surface area contributed by atoms with Crippen LogP contribution in [0.3, 0.4) is 0 Å². The van der Waals surface area contributed by atoms with Gasteiger partial charge >= 0.3 is 0 Å². The Morgan fingerprint density at radius 1 is 0.857 bits per heavy atom. The Balaban J connectivity index is 1.80. The SMILES string of the molecule is CN=C(/C=C\c1ccc(C(C)(C)C)cc1)CC(CC1=CCC=CCC1)c1ccc(C(C)(C)C)cc1. The Bertz CT molecular complexity index is 1060. The van der Waals surface area contributed by atoms with Crippen LogP contribution in [0.4, 0.5) is 0 Å². The molecule has 0 fully saturated rings. The third-order valence-corrected chi connectivity index (χ3v) is 7.09. The molecule has 0 N–H and O–H groups in total. The average molecular weight is 468 g/mol. The summed E-state index contributed by atoms with van der Waals surface area (Å²) in [5, 5.41) is 0. The number of allylic oxidation sites excluding steroid dienone is 5. The fourth-order valence-corrected chi connectivity index (χ4v) is 4.66. The number of hydrogen-bond donors (Lipinski definition) is 0. The lowest BCUT2D eigenvalue weighted by Gasteiger charge is -2.23. The molecule has 0 radical (unpaired) electrons. The number of hydrogen-bond acceptors (Lipinski definition) is 1. The lowest BCUT2D eigenvalue weighted by atomic mass is 9.82. The normalized spacial score (nSPS) is 16.3. The highest BCUT2D eigenvalue weighted by molar-refractivity contribution is 5.98. The zero-order chi connectivity index (χ0) is 25.5. The molecule has 1 unspecified atom stereocenters. The molecule has 1 aliphatic carbocycles. The molecule has 1 aliphatic rings. The Hall–Kier alpha value is -2.67. The second-order valence-corrected chi connectivity index (χ2v) is 12.0. The molecule has 35 heavy (non-hydrogen) atoms. The van der Waals surface area contributed by atoms with E-state index < -0.39 is 0 Å². The van der Waals surface area contributed by atoms with Gasteiger partial charge in [0.05, 0.1) is 0 Å². The van der Waals surface area contributed by atoms with Crippen molar-refractivity contribution in [2.24, 2.45) is 4.99 Å². The van der Waals surface area contributed by atoms with Crippen LogP contribution in [0.25, 0.3) is 6.08 Å². The van der Waals surface area contributed by atoms with Gasteiger partial charge in [0.2, 0.25) is 0 Å². The summed E-state index contributed by atoms with van der Waals surface area (Å²) in [6.07, 6.45) is 16.9. The maximum Gasteiger partial charge on any atom is 0.0351 e. The Morgan fingerprint density at radius 3 is 2.03 bits per heavy atom. The first-order chi connectivity index (χ1) is 16.6. The molecule has 1 atom stereocenters. The second-order valence-electron chi connectivity index (χ2n) is 12.0. The van der Waals surface area contributed by atoms with Gasteiger partial charge < -0.3 is 0 Å². The fraction of sp³-hybridized carbons (Fsp3) is 0.441. The molecule has 0 saturated heterocycles. The largest absolute Gasteiger partial charge is 0.293 e. The standard InChI is InChI=1S/C34H45N/c1-33(2,3)30-19-14-26(15-20-30)16-23-32(35-7)25-29(24-27-12-10-8-9-11-13-27)28-17-21-31(22-18-28)34(4,5)6/h8-9,12,14-23,29H,10-11,13,24-25H2,1-7H3/b23-16-,35-32?. The van der Waals surface area contributed by atoms with Crippen LogP contribution in [0.1, 0.15) is 102 Å². The Kier molecular flexibility index (Phi) is 9.11. The minimum absolute atomic E-state index is 0.171. The summed E-state index contributed by atoms with van der Waals surface area (Å²) in [5.74, 6) is 0.431. The van der Waals surface area contributed by atoms with Crippen molar-refractivity contribution in [3.05, 3.63) is 101 Å². The monoisotopic (exact) mass is 467 g/mol. The zero-order valence-corrected chi connectivity index (χ0v) is 23.1. The predicted octanol–water partition coefficient (Wildman–Crippen LogP) is 9.60. The van der Waals surface area contributed by atoms with Gasteiger partial charge in [-0.1, -0.05) is 120 Å². The minimum Gasteiger partial charge on any atom is -0.293 e. The van der Waals surface area contributed by atoms with Crippen LogP contribution in [0.2, 0.25) is 0 Å². The van der Waals surface area contributed by atoms with Crippen LogP contribution >= 0.6 is 0 Å². The van der Waals surface area contributed by atoms with E-state index in [2.05, 4.69) is 120 Å². The van der Waals surface area contributed by atoms with Gasteiger partial charge in [0.1, 0.15) is 0 Å². The molecule has 1 heteroatoms. The van der Waals surface area contributed by atoms with Gasteiger partial charge in [0.25, 0.3) is 0 Å². The van der Waals surface area contributed by atoms with Crippen LogP contribution < -0.4 is 0 Å². The van der Waals surface area contributed by atoms with Crippen LogP contribution in [0, 0.1) is 0 Å². The average Bonchev–Trinajstić information content (AvgIpc) is 3.09. The molecule has 2 aromatic carbocycles. The molecule has 0 saturated carbocycles. The van der Waals surface area contributed by atoms with Crippen LogP contribution in [0.15, 0.2) is 83.4 Å². The summed E-state index contributed by atoms with van der Waals surface area (Å²) in [6, 6.07) is 18.3. The van der Waals surface area contributed by atoms with E-state index in [0.29, 0.717) is 5.92 Å². The molecule has 0 aliphatic heterocycles. The lowest BCUT2D eigenvalue weighted by molar-refractivity contribution is 0.589. The molecule has 0 bridgehead atoms. The van der Waals surface area contributed by atoms with Crippen molar-refractivity contribution < 1.29 is 0 Å². The maximum absolute atomic E-state index is 4.69. The summed E-state index contributed by atoms with van der Waals surface area (Å²) < 4.78 is 0. The van der Waals surface area contributed by atoms with E-state index in [1.165, 1.54) is 28.7 Å². The van der Waals surface area contributed by atoms with E-state index in [1.54, 1.807) is 5.57 Å². The van der Waals surface area contributed by atoms with Gasteiger partial charge in [-0.05, 0) is 77.2 Å². The van der Waals surface area contributed by atoms with Crippen molar-refractivity contribution >= 4 is 11.8 Å². The van der Waals surface area contributed by atoms with E-state index in [0.717, 1.165) is 31.4 Å². The van der Waals surface area contributed by atoms with Gasteiger partial charge in [0.15, 0.2) is 0 Å². The Morgan fingerprint density at radius 2 is 1.46 bits per heavy atom. The number of benzene rings is 2. The zero-order valence-electron chi connectivity index (χ0n) is 23.1. The molecule has 3 rings (SSSR count). The first-order valence-corrected chi connectivity index (χ1v) is 13.2. The summed E-state index contributed by atoms with van der Waals surface area (Å²) in [7, 11) is 1.93. The summed E-state index contributed by atoms with van der Waals surface area (Å²) >= 11 is 0. The van der Waals surface area contributed by atoms with Gasteiger partial charge in [-0.25, -0.2) is 0 Å². The van der Waals surface area contributed by atoms with Gasteiger partial charge in [0, 0.05) is 12.8 Å². The summed E-state index contributed by atoms with van der Waals surface area (Å²) in [5.41, 5.74) is 8.48. The van der Waals surface area contributed by atoms with Crippen molar-refractivity contribution in [3.63, 3.8) is 0 Å². The van der Waals surface area contributed by atoms with E-state index in [4.69, 9.17) is 4.99 Å². The van der Waals surface area contributed by atoms with E-state index in [9.17, 15) is 0 Å². The highest BCUT2D eigenvalue weighted by Gasteiger charge is 2.19. The van der Waals surface area contributed by atoms with E-state index >= 15 is 0 Å². The fourth-order valence-electron chi connectivity index (χ4n) is 4.66. The van der Waals surface area contributed by atoms with Crippen molar-refractivity contribution in [1.29, 1.82) is 0 Å². The molecular formula is C34H45N. The van der Waals surface area contributed by atoms with E-state index in [1.807, 2.05) is 7.05 Å². The van der Waals surface area contributed by atoms with Crippen molar-refractivity contribution in [2.75, 3.05) is 7.05 Å². The molecular weight excluding hydrogens is 422 g/mol. The maximum atomic E-state index is 4.69. The third-order valence-electron chi connectivity index (χ3n) is 7.09. The topological polar surface area (TPSA) is 12.4 Å². The van der Waals surface area contributed by atoms with E-state index in [-0.39, 0.29) is 10.8 Å². The molecule has 2 aromatic rings. The smallest absolute Gasteiger partial charge is 0.0351 e. The molecule has 0 aromatic heterocycles. The minimum atomic E-state index is 0.171. The van der Waals surface area contributed by atoms with Crippen LogP contribution in [-0.4, -0.2) is 12.8 Å². The summed E-state index contributed by atoms with van der Waals surface area (Å²) in [6.45, 7) is 13.6. The lowest BCUT2D eigenvalue weighted by Crippen LogP contribution is -2.12. The number of nitrogens with zero attached hydrogens (tertiary/aromatic N) is 1. The molecule has 186 valence electrons. The highest BCUT2D eigenvalue weighted by Crippen LogP contribution is 2.33. The number of aliphatic imine (C=N–C) groups is 1. The predicted molar refractivity (Wildman–Crippen MR) is 156 cm³/mol. The molecule has 0 spiro atoms. The van der Waals surface area contributed by atoms with Crippen molar-refractivity contribution in [3.8, 4) is 0 Å². The second kappa shape index (κ2) is 11.8. The third kappa shape index (κ3) is 8.20. The van der Waals surface area contributed by atoms with Crippen molar-refractivity contribution in [1.82, 2.24) is 0 Å². The van der Waals surface area contributed by atoms with Gasteiger partial charge in [-0.15, -0.1) is 0 Å². The Labute approximate surface area is 214 Å². The molecule has 0 heterocycles. The van der Waals surface area contributed by atoms with Crippen LogP contribution in [0.5, 0.6) is 0 Å². The first-order valence-electron chi connectivity index (χ1n) is 13.2. The highest BCUT2D eigenvalue weighted by atomic mass is 14.7. The van der Waals surface area contributed by atoms with Gasteiger partial charge in [-0.3, -0.25) is 4.99 Å². The molecule has 0 amide bonds. The molecule has 1 nitrogen and oxygen atoms in total. The van der Waals surface area contributed by atoms with Crippen LogP contribution in [-0.2, 0) is 10.8 Å². The first kappa shape index (κ1) is 26.9. The number of rotatable bonds is 7. The quantitative estimate of drug-likeness (QED) is 0.284.